The Hall–Kier alpha value is -0.810. The summed E-state index contributed by atoms with van der Waals surface area (Å²) in [4.78, 5) is 11.6. The van der Waals surface area contributed by atoms with Crippen molar-refractivity contribution in [2.75, 3.05) is 26.8 Å². The molecule has 5 heteroatoms. The second-order valence-electron chi connectivity index (χ2n) is 5.75. The molecule has 1 saturated carbocycles. The first-order valence-corrected chi connectivity index (χ1v) is 7.91. The maximum absolute atomic E-state index is 11.6. The molecular formula is C15H30N2O3. The van der Waals surface area contributed by atoms with Crippen LogP contribution in [-0.2, 0) is 4.74 Å². The van der Waals surface area contributed by atoms with E-state index in [9.17, 15) is 9.90 Å². The van der Waals surface area contributed by atoms with Crippen molar-refractivity contribution in [3.05, 3.63) is 0 Å². The third kappa shape index (κ3) is 8.38. The highest BCUT2D eigenvalue weighted by atomic mass is 16.5. The van der Waals surface area contributed by atoms with E-state index in [1.165, 1.54) is 44.9 Å². The standard InChI is InChI=1S/C15H30N2O3/c1-20-12-14(18)9-10-16-15(19)17-11-13-7-5-3-2-4-6-8-13/h13-14,18H,2-12H2,1H3,(H2,16,17,19). The fraction of sp³-hybridized carbons (Fsp3) is 0.933. The van der Waals surface area contributed by atoms with Gasteiger partial charge in [0.05, 0.1) is 12.7 Å². The van der Waals surface area contributed by atoms with Gasteiger partial charge in [0.25, 0.3) is 0 Å². The van der Waals surface area contributed by atoms with Crippen LogP contribution in [0.4, 0.5) is 4.79 Å². The molecule has 1 atom stereocenters. The average Bonchev–Trinajstić information content (AvgIpc) is 2.37. The lowest BCUT2D eigenvalue weighted by Crippen LogP contribution is -2.39. The first kappa shape index (κ1) is 17.2. The summed E-state index contributed by atoms with van der Waals surface area (Å²) in [5, 5.41) is 15.2. The zero-order chi connectivity index (χ0) is 14.6. The second kappa shape index (κ2) is 10.9. The number of methoxy groups -OCH3 is 1. The van der Waals surface area contributed by atoms with Crippen LogP contribution in [0.1, 0.15) is 51.4 Å². The molecule has 1 rings (SSSR count). The molecule has 1 aliphatic rings. The highest BCUT2D eigenvalue weighted by Gasteiger charge is 2.12. The molecule has 0 spiro atoms. The normalized spacial score (nSPS) is 18.9. The summed E-state index contributed by atoms with van der Waals surface area (Å²) in [6, 6.07) is -0.128. The molecule has 1 fully saturated rings. The highest BCUT2D eigenvalue weighted by Crippen LogP contribution is 2.21. The summed E-state index contributed by atoms with van der Waals surface area (Å²) in [5.74, 6) is 0.625. The van der Waals surface area contributed by atoms with E-state index in [-0.39, 0.29) is 6.03 Å². The van der Waals surface area contributed by atoms with E-state index in [0.717, 1.165) is 6.54 Å². The minimum absolute atomic E-state index is 0.128. The number of urea groups is 1. The number of carbonyl (C=O) groups is 1. The van der Waals surface area contributed by atoms with Crippen molar-refractivity contribution >= 4 is 6.03 Å². The van der Waals surface area contributed by atoms with E-state index < -0.39 is 6.10 Å². The van der Waals surface area contributed by atoms with Gasteiger partial charge in [0.2, 0.25) is 0 Å². The van der Waals surface area contributed by atoms with Crippen LogP contribution in [0.5, 0.6) is 0 Å². The lowest BCUT2D eigenvalue weighted by molar-refractivity contribution is 0.0598. The molecule has 0 radical (unpaired) electrons. The molecule has 118 valence electrons. The summed E-state index contributed by atoms with van der Waals surface area (Å²) in [5.41, 5.74) is 0. The Kier molecular flexibility index (Phi) is 9.41. The van der Waals surface area contributed by atoms with E-state index in [1.54, 1.807) is 7.11 Å². The first-order chi connectivity index (χ1) is 9.72. The van der Waals surface area contributed by atoms with Gasteiger partial charge in [-0.15, -0.1) is 0 Å². The summed E-state index contributed by atoms with van der Waals surface area (Å²) >= 11 is 0. The zero-order valence-corrected chi connectivity index (χ0v) is 12.7. The Morgan fingerprint density at radius 2 is 1.85 bits per heavy atom. The minimum Gasteiger partial charge on any atom is -0.391 e. The molecule has 0 aliphatic heterocycles. The molecule has 0 heterocycles. The van der Waals surface area contributed by atoms with Crippen molar-refractivity contribution < 1.29 is 14.6 Å². The maximum atomic E-state index is 11.6. The van der Waals surface area contributed by atoms with Crippen LogP contribution in [0.2, 0.25) is 0 Å². The Morgan fingerprint density at radius 3 is 2.50 bits per heavy atom. The van der Waals surface area contributed by atoms with Gasteiger partial charge in [-0.25, -0.2) is 4.79 Å². The Balaban J connectivity index is 2.06. The molecule has 5 nitrogen and oxygen atoms in total. The number of hydrogen-bond acceptors (Lipinski definition) is 3. The number of hydrogen-bond donors (Lipinski definition) is 3. The van der Waals surface area contributed by atoms with Gasteiger partial charge in [0.15, 0.2) is 0 Å². The highest BCUT2D eigenvalue weighted by molar-refractivity contribution is 5.73. The number of carbonyl (C=O) groups excluding carboxylic acids is 1. The predicted molar refractivity (Wildman–Crippen MR) is 79.7 cm³/mol. The minimum atomic E-state index is -0.508. The van der Waals surface area contributed by atoms with Crippen molar-refractivity contribution in [1.29, 1.82) is 0 Å². The molecule has 1 aliphatic carbocycles. The number of nitrogens with one attached hydrogen (secondary N) is 2. The van der Waals surface area contributed by atoms with Gasteiger partial charge in [0.1, 0.15) is 0 Å². The van der Waals surface area contributed by atoms with Crippen molar-refractivity contribution in [3.8, 4) is 0 Å². The van der Waals surface area contributed by atoms with Crippen LogP contribution in [0.25, 0.3) is 0 Å². The van der Waals surface area contributed by atoms with Crippen molar-refractivity contribution in [3.63, 3.8) is 0 Å². The van der Waals surface area contributed by atoms with Crippen LogP contribution < -0.4 is 10.6 Å². The molecule has 0 saturated heterocycles. The van der Waals surface area contributed by atoms with Crippen LogP contribution in [-0.4, -0.2) is 44.0 Å². The number of rotatable bonds is 7. The van der Waals surface area contributed by atoms with E-state index in [0.29, 0.717) is 25.5 Å². The van der Waals surface area contributed by atoms with Gasteiger partial charge in [-0.05, 0) is 25.2 Å². The lowest BCUT2D eigenvalue weighted by Gasteiger charge is -2.20. The molecule has 0 aromatic carbocycles. The zero-order valence-electron chi connectivity index (χ0n) is 12.7. The van der Waals surface area contributed by atoms with Crippen molar-refractivity contribution in [2.24, 2.45) is 5.92 Å². The third-order valence-electron chi connectivity index (χ3n) is 3.90. The summed E-state index contributed by atoms with van der Waals surface area (Å²) in [6.45, 7) is 1.55. The monoisotopic (exact) mass is 286 g/mol. The first-order valence-electron chi connectivity index (χ1n) is 7.91. The smallest absolute Gasteiger partial charge is 0.314 e. The van der Waals surface area contributed by atoms with E-state index in [2.05, 4.69) is 10.6 Å². The van der Waals surface area contributed by atoms with Crippen LogP contribution >= 0.6 is 0 Å². The van der Waals surface area contributed by atoms with E-state index in [1.807, 2.05) is 0 Å². The largest absolute Gasteiger partial charge is 0.391 e. The van der Waals surface area contributed by atoms with Crippen LogP contribution in [0.15, 0.2) is 0 Å². The predicted octanol–water partition coefficient (Wildman–Crippen LogP) is 2.04. The Morgan fingerprint density at radius 1 is 1.20 bits per heavy atom. The summed E-state index contributed by atoms with van der Waals surface area (Å²) in [7, 11) is 1.55. The molecule has 20 heavy (non-hydrogen) atoms. The molecular weight excluding hydrogens is 256 g/mol. The number of amides is 2. The van der Waals surface area contributed by atoms with Crippen molar-refractivity contribution in [1.82, 2.24) is 10.6 Å². The third-order valence-corrected chi connectivity index (χ3v) is 3.90. The summed E-state index contributed by atoms with van der Waals surface area (Å²) in [6.07, 6.45) is 9.08. The topological polar surface area (TPSA) is 70.6 Å². The number of aliphatic hydroxyl groups excluding tert-OH is 1. The fourth-order valence-electron chi connectivity index (χ4n) is 2.67. The van der Waals surface area contributed by atoms with Gasteiger partial charge in [-0.1, -0.05) is 32.1 Å². The van der Waals surface area contributed by atoms with Crippen LogP contribution in [0, 0.1) is 5.92 Å². The van der Waals surface area contributed by atoms with Gasteiger partial charge in [-0.3, -0.25) is 0 Å². The Labute approximate surface area is 122 Å². The van der Waals surface area contributed by atoms with Gasteiger partial charge < -0.3 is 20.5 Å². The molecule has 0 aromatic rings. The molecule has 2 amide bonds. The van der Waals surface area contributed by atoms with Gasteiger partial charge >= 0.3 is 6.03 Å². The van der Waals surface area contributed by atoms with Gasteiger partial charge in [-0.2, -0.15) is 0 Å². The van der Waals surface area contributed by atoms with E-state index >= 15 is 0 Å². The number of ether oxygens (including phenoxy) is 1. The SMILES string of the molecule is COCC(O)CCNC(=O)NCC1CCCCCCC1. The second-order valence-corrected chi connectivity index (χ2v) is 5.75. The quantitative estimate of drug-likeness (QED) is 0.671. The fourth-order valence-corrected chi connectivity index (χ4v) is 2.67. The molecule has 1 unspecified atom stereocenters. The van der Waals surface area contributed by atoms with Crippen LogP contribution in [0.3, 0.4) is 0 Å². The Bertz CT molecular complexity index is 254. The molecule has 3 N–H and O–H groups in total. The van der Waals surface area contributed by atoms with Crippen molar-refractivity contribution in [2.45, 2.75) is 57.5 Å². The maximum Gasteiger partial charge on any atom is 0.314 e. The lowest BCUT2D eigenvalue weighted by atomic mass is 9.91. The van der Waals surface area contributed by atoms with Gasteiger partial charge in [0, 0.05) is 20.2 Å². The molecule has 0 bridgehead atoms. The molecule has 0 aromatic heterocycles. The number of aliphatic hydroxyl groups is 1. The van der Waals surface area contributed by atoms with E-state index in [4.69, 9.17) is 4.74 Å². The average molecular weight is 286 g/mol. The summed E-state index contributed by atoms with van der Waals surface area (Å²) < 4.78 is 4.83.